The molecule has 0 spiro atoms. The quantitative estimate of drug-likeness (QED) is 0.715. The van der Waals surface area contributed by atoms with E-state index < -0.39 is 5.97 Å². The van der Waals surface area contributed by atoms with Crippen molar-refractivity contribution in [2.75, 3.05) is 12.4 Å². The zero-order chi connectivity index (χ0) is 19.6. The molecule has 6 heteroatoms. The normalized spacial score (nSPS) is 10.5. The fourth-order valence-corrected chi connectivity index (χ4v) is 2.89. The molecule has 0 fully saturated rings. The molecule has 0 radical (unpaired) electrons. The number of carbonyl (C=O) groups excluding carboxylic acids is 2. The number of hydrogen-bond donors (Lipinski definition) is 1. The first-order valence-corrected chi connectivity index (χ1v) is 8.52. The van der Waals surface area contributed by atoms with Crippen LogP contribution in [0.4, 0.5) is 5.69 Å². The van der Waals surface area contributed by atoms with Crippen molar-refractivity contribution in [1.29, 1.82) is 0 Å². The predicted molar refractivity (Wildman–Crippen MR) is 104 cm³/mol. The summed E-state index contributed by atoms with van der Waals surface area (Å²) in [5.74, 6) is -0.661. The Kier molecular flexibility index (Phi) is 5.07. The Labute approximate surface area is 157 Å². The van der Waals surface area contributed by atoms with E-state index in [0.29, 0.717) is 16.8 Å². The highest BCUT2D eigenvalue weighted by Crippen LogP contribution is 2.20. The van der Waals surface area contributed by atoms with E-state index in [4.69, 9.17) is 4.74 Å². The summed E-state index contributed by atoms with van der Waals surface area (Å²) in [4.78, 5) is 24.3. The van der Waals surface area contributed by atoms with Crippen LogP contribution >= 0.6 is 0 Å². The molecule has 0 unspecified atom stereocenters. The second-order valence-corrected chi connectivity index (χ2v) is 6.37. The number of carbonyl (C=O) groups is 2. The molecule has 0 saturated carbocycles. The second-order valence-electron chi connectivity index (χ2n) is 6.37. The number of ether oxygens (including phenoxy) is 1. The van der Waals surface area contributed by atoms with Gasteiger partial charge in [-0.1, -0.05) is 12.1 Å². The molecule has 0 aliphatic heterocycles. The van der Waals surface area contributed by atoms with Crippen LogP contribution in [0.3, 0.4) is 0 Å². The van der Waals surface area contributed by atoms with Gasteiger partial charge < -0.3 is 10.1 Å². The van der Waals surface area contributed by atoms with Gasteiger partial charge in [0.25, 0.3) is 5.91 Å². The molecule has 6 nitrogen and oxygen atoms in total. The molecule has 0 saturated heterocycles. The summed E-state index contributed by atoms with van der Waals surface area (Å²) in [6.45, 7) is 5.69. The third-order valence-corrected chi connectivity index (χ3v) is 4.40. The second kappa shape index (κ2) is 7.45. The number of nitrogens with one attached hydrogen (secondary N) is 1. The summed E-state index contributed by atoms with van der Waals surface area (Å²) >= 11 is 0. The standard InChI is InChI=1S/C21H21N3O3/c1-13-6-5-7-17(10-13)24-15(3)18(12-22-24)20(25)23-19-9-8-16(11-14(19)2)21(26)27-4/h5-12H,1-4H3,(H,23,25). The minimum atomic E-state index is -0.411. The van der Waals surface area contributed by atoms with Gasteiger partial charge in [-0.3, -0.25) is 4.79 Å². The van der Waals surface area contributed by atoms with Crippen LogP contribution in [-0.2, 0) is 4.74 Å². The van der Waals surface area contributed by atoms with E-state index in [1.165, 1.54) is 7.11 Å². The summed E-state index contributed by atoms with van der Waals surface area (Å²) in [5, 5.41) is 7.24. The Morgan fingerprint density at radius 1 is 1.07 bits per heavy atom. The monoisotopic (exact) mass is 363 g/mol. The average Bonchev–Trinajstić information content (AvgIpc) is 3.04. The molecule has 0 bridgehead atoms. The van der Waals surface area contributed by atoms with Crippen molar-refractivity contribution >= 4 is 17.6 Å². The molecule has 0 aliphatic carbocycles. The first-order valence-electron chi connectivity index (χ1n) is 8.52. The van der Waals surface area contributed by atoms with Crippen molar-refractivity contribution in [2.24, 2.45) is 0 Å². The summed E-state index contributed by atoms with van der Waals surface area (Å²) < 4.78 is 6.46. The van der Waals surface area contributed by atoms with E-state index in [0.717, 1.165) is 22.5 Å². The summed E-state index contributed by atoms with van der Waals surface area (Å²) in [5.41, 5.74) is 5.12. The number of amides is 1. The Morgan fingerprint density at radius 3 is 2.52 bits per heavy atom. The van der Waals surface area contributed by atoms with Gasteiger partial charge in [0.15, 0.2) is 0 Å². The third-order valence-electron chi connectivity index (χ3n) is 4.40. The van der Waals surface area contributed by atoms with Crippen molar-refractivity contribution in [2.45, 2.75) is 20.8 Å². The van der Waals surface area contributed by atoms with Gasteiger partial charge >= 0.3 is 5.97 Å². The number of benzene rings is 2. The van der Waals surface area contributed by atoms with E-state index >= 15 is 0 Å². The molecule has 0 atom stereocenters. The molecule has 1 aromatic heterocycles. The molecule has 1 amide bonds. The van der Waals surface area contributed by atoms with Crippen LogP contribution < -0.4 is 5.32 Å². The van der Waals surface area contributed by atoms with Gasteiger partial charge in [0.2, 0.25) is 0 Å². The first-order chi connectivity index (χ1) is 12.9. The SMILES string of the molecule is COC(=O)c1ccc(NC(=O)c2cnn(-c3cccc(C)c3)c2C)c(C)c1. The topological polar surface area (TPSA) is 73.2 Å². The molecule has 1 heterocycles. The average molecular weight is 363 g/mol. The van der Waals surface area contributed by atoms with Crippen molar-refractivity contribution in [3.05, 3.63) is 76.6 Å². The Hall–Kier alpha value is -3.41. The van der Waals surface area contributed by atoms with E-state index in [-0.39, 0.29) is 5.91 Å². The predicted octanol–water partition coefficient (Wildman–Crippen LogP) is 3.84. The van der Waals surface area contributed by atoms with Crippen LogP contribution in [0.2, 0.25) is 0 Å². The van der Waals surface area contributed by atoms with Crippen LogP contribution in [0.5, 0.6) is 0 Å². The molecular weight excluding hydrogens is 342 g/mol. The lowest BCUT2D eigenvalue weighted by Gasteiger charge is -2.10. The number of methoxy groups -OCH3 is 1. The van der Waals surface area contributed by atoms with Gasteiger partial charge in [0.05, 0.1) is 35.8 Å². The molecule has 0 aliphatic rings. The third kappa shape index (κ3) is 3.74. The lowest BCUT2D eigenvalue weighted by Crippen LogP contribution is -2.14. The van der Waals surface area contributed by atoms with Crippen LogP contribution in [0.15, 0.2) is 48.7 Å². The minimum absolute atomic E-state index is 0.250. The molecule has 3 rings (SSSR count). The highest BCUT2D eigenvalue weighted by atomic mass is 16.5. The van der Waals surface area contributed by atoms with Gasteiger partial charge in [0.1, 0.15) is 0 Å². The molecule has 27 heavy (non-hydrogen) atoms. The van der Waals surface area contributed by atoms with Crippen molar-refractivity contribution < 1.29 is 14.3 Å². The van der Waals surface area contributed by atoms with E-state index in [1.54, 1.807) is 29.1 Å². The van der Waals surface area contributed by atoms with E-state index in [1.807, 2.05) is 45.0 Å². The van der Waals surface area contributed by atoms with Gasteiger partial charge in [0, 0.05) is 5.69 Å². The zero-order valence-electron chi connectivity index (χ0n) is 15.7. The highest BCUT2D eigenvalue weighted by Gasteiger charge is 2.17. The number of anilines is 1. The number of rotatable bonds is 4. The molecular formula is C21H21N3O3. The number of aryl methyl sites for hydroxylation is 2. The Balaban J connectivity index is 1.84. The summed E-state index contributed by atoms with van der Waals surface area (Å²) in [6.07, 6.45) is 1.56. The van der Waals surface area contributed by atoms with Crippen molar-refractivity contribution in [1.82, 2.24) is 9.78 Å². The van der Waals surface area contributed by atoms with Crippen molar-refractivity contribution in [3.63, 3.8) is 0 Å². The first kappa shape index (κ1) is 18.4. The minimum Gasteiger partial charge on any atom is -0.465 e. The maximum Gasteiger partial charge on any atom is 0.337 e. The summed E-state index contributed by atoms with van der Waals surface area (Å²) in [6, 6.07) is 12.9. The number of aromatic nitrogens is 2. The number of hydrogen-bond acceptors (Lipinski definition) is 4. The van der Waals surface area contributed by atoms with Gasteiger partial charge in [-0.05, 0) is 62.2 Å². The van der Waals surface area contributed by atoms with E-state index in [9.17, 15) is 9.59 Å². The number of esters is 1. The maximum absolute atomic E-state index is 12.7. The lowest BCUT2D eigenvalue weighted by molar-refractivity contribution is 0.0600. The van der Waals surface area contributed by atoms with Crippen molar-refractivity contribution in [3.8, 4) is 5.69 Å². The molecule has 138 valence electrons. The fourth-order valence-electron chi connectivity index (χ4n) is 2.89. The lowest BCUT2D eigenvalue weighted by atomic mass is 10.1. The van der Waals surface area contributed by atoms with Crippen LogP contribution in [0, 0.1) is 20.8 Å². The molecule has 1 N–H and O–H groups in total. The van der Waals surface area contributed by atoms with Gasteiger partial charge in [-0.2, -0.15) is 5.10 Å². The Bertz CT molecular complexity index is 1020. The smallest absolute Gasteiger partial charge is 0.337 e. The van der Waals surface area contributed by atoms with Gasteiger partial charge in [-0.15, -0.1) is 0 Å². The van der Waals surface area contributed by atoms with Gasteiger partial charge in [-0.25, -0.2) is 9.48 Å². The summed E-state index contributed by atoms with van der Waals surface area (Å²) in [7, 11) is 1.34. The molecule has 2 aromatic carbocycles. The zero-order valence-corrected chi connectivity index (χ0v) is 15.7. The highest BCUT2D eigenvalue weighted by molar-refractivity contribution is 6.05. The fraction of sp³-hybridized carbons (Fsp3) is 0.190. The maximum atomic E-state index is 12.7. The van der Waals surface area contributed by atoms with Crippen LogP contribution in [-0.4, -0.2) is 28.8 Å². The van der Waals surface area contributed by atoms with Crippen LogP contribution in [0.25, 0.3) is 5.69 Å². The van der Waals surface area contributed by atoms with Crippen LogP contribution in [0.1, 0.15) is 37.5 Å². The largest absolute Gasteiger partial charge is 0.465 e. The number of nitrogens with zero attached hydrogens (tertiary/aromatic N) is 2. The van der Waals surface area contributed by atoms with E-state index in [2.05, 4.69) is 10.4 Å². The molecule has 3 aromatic rings. The Morgan fingerprint density at radius 2 is 1.85 bits per heavy atom.